The SMILES string of the molecule is CCOC(=O)[C@H](Cc1ccc(C(F)(F)F)cc1)C(C)(C)O. The predicted molar refractivity (Wildman–Crippen MR) is 71.6 cm³/mol. The molecule has 0 amide bonds. The molecule has 0 fully saturated rings. The van der Waals surface area contributed by atoms with Crippen molar-refractivity contribution in [2.24, 2.45) is 5.92 Å². The number of hydrogen-bond acceptors (Lipinski definition) is 3. The maximum Gasteiger partial charge on any atom is 0.416 e. The van der Waals surface area contributed by atoms with Gasteiger partial charge in [-0.1, -0.05) is 12.1 Å². The van der Waals surface area contributed by atoms with E-state index in [9.17, 15) is 23.1 Å². The Morgan fingerprint density at radius 3 is 2.14 bits per heavy atom. The predicted octanol–water partition coefficient (Wildman–Crippen LogP) is 3.20. The molecule has 1 N–H and O–H groups in total. The van der Waals surface area contributed by atoms with Crippen molar-refractivity contribution < 1.29 is 27.8 Å². The summed E-state index contributed by atoms with van der Waals surface area (Å²) >= 11 is 0. The summed E-state index contributed by atoms with van der Waals surface area (Å²) in [4.78, 5) is 11.9. The van der Waals surface area contributed by atoms with E-state index in [2.05, 4.69) is 0 Å². The Morgan fingerprint density at radius 1 is 1.24 bits per heavy atom. The van der Waals surface area contributed by atoms with Crippen LogP contribution in [-0.4, -0.2) is 23.3 Å². The van der Waals surface area contributed by atoms with Crippen molar-refractivity contribution in [1.82, 2.24) is 0 Å². The smallest absolute Gasteiger partial charge is 0.416 e. The number of rotatable bonds is 5. The number of halogens is 3. The first-order valence-corrected chi connectivity index (χ1v) is 6.61. The molecule has 0 saturated heterocycles. The number of ether oxygens (including phenoxy) is 1. The molecule has 0 aliphatic rings. The number of hydrogen-bond donors (Lipinski definition) is 1. The van der Waals surface area contributed by atoms with Crippen LogP contribution in [0.4, 0.5) is 13.2 Å². The van der Waals surface area contributed by atoms with Gasteiger partial charge in [-0.3, -0.25) is 4.79 Å². The third-order valence-corrected chi connectivity index (χ3v) is 3.14. The van der Waals surface area contributed by atoms with Gasteiger partial charge < -0.3 is 9.84 Å². The van der Waals surface area contributed by atoms with Crippen molar-refractivity contribution >= 4 is 5.97 Å². The maximum atomic E-state index is 12.5. The summed E-state index contributed by atoms with van der Waals surface area (Å²) in [7, 11) is 0. The van der Waals surface area contributed by atoms with Crippen molar-refractivity contribution in [2.75, 3.05) is 6.61 Å². The quantitative estimate of drug-likeness (QED) is 0.850. The lowest BCUT2D eigenvalue weighted by atomic mass is 9.85. The van der Waals surface area contributed by atoms with Crippen LogP contribution < -0.4 is 0 Å². The zero-order valence-corrected chi connectivity index (χ0v) is 12.2. The van der Waals surface area contributed by atoms with E-state index < -0.39 is 29.2 Å². The fraction of sp³-hybridized carbons (Fsp3) is 0.533. The van der Waals surface area contributed by atoms with Crippen LogP contribution in [0.2, 0.25) is 0 Å². The average molecular weight is 304 g/mol. The number of carbonyl (C=O) groups is 1. The Labute approximate surface area is 121 Å². The van der Waals surface area contributed by atoms with E-state index in [0.29, 0.717) is 5.56 Å². The van der Waals surface area contributed by atoms with Crippen LogP contribution in [-0.2, 0) is 22.1 Å². The standard InChI is InChI=1S/C15H19F3O3/c1-4-21-13(19)12(14(2,3)20)9-10-5-7-11(8-6-10)15(16,17)18/h5-8,12,20H,4,9H2,1-3H3/t12-/m0/s1. The normalized spacial score (nSPS) is 13.9. The van der Waals surface area contributed by atoms with Crippen molar-refractivity contribution in [1.29, 1.82) is 0 Å². The van der Waals surface area contributed by atoms with Crippen molar-refractivity contribution in [3.63, 3.8) is 0 Å². The van der Waals surface area contributed by atoms with Crippen LogP contribution in [0.5, 0.6) is 0 Å². The molecule has 1 rings (SSSR count). The van der Waals surface area contributed by atoms with Crippen molar-refractivity contribution in [3.05, 3.63) is 35.4 Å². The number of alkyl halides is 3. The topological polar surface area (TPSA) is 46.5 Å². The van der Waals surface area contributed by atoms with Crippen molar-refractivity contribution in [2.45, 2.75) is 39.0 Å². The molecular formula is C15H19F3O3. The summed E-state index contributed by atoms with van der Waals surface area (Å²) in [5.41, 5.74) is -1.54. The van der Waals surface area contributed by atoms with Gasteiger partial charge >= 0.3 is 12.1 Å². The highest BCUT2D eigenvalue weighted by Crippen LogP contribution is 2.30. The summed E-state index contributed by atoms with van der Waals surface area (Å²) in [5.74, 6) is -1.40. The van der Waals surface area contributed by atoms with E-state index in [0.717, 1.165) is 12.1 Å². The van der Waals surface area contributed by atoms with Gasteiger partial charge in [-0.2, -0.15) is 13.2 Å². The number of benzene rings is 1. The van der Waals surface area contributed by atoms with Gasteiger partial charge in [-0.25, -0.2) is 0 Å². The minimum absolute atomic E-state index is 0.112. The second-order valence-electron chi connectivity index (χ2n) is 5.36. The van der Waals surface area contributed by atoms with Gasteiger partial charge in [0.05, 0.1) is 23.7 Å². The van der Waals surface area contributed by atoms with Crippen LogP contribution in [0.25, 0.3) is 0 Å². The Kier molecular flexibility index (Phi) is 5.39. The summed E-state index contributed by atoms with van der Waals surface area (Å²) in [6.07, 6.45) is -4.28. The van der Waals surface area contributed by atoms with Gasteiger partial charge in [0.1, 0.15) is 0 Å². The van der Waals surface area contributed by atoms with Gasteiger partial charge in [0.15, 0.2) is 0 Å². The fourth-order valence-corrected chi connectivity index (χ4v) is 1.93. The second kappa shape index (κ2) is 6.47. The highest BCUT2D eigenvalue weighted by molar-refractivity contribution is 5.74. The van der Waals surface area contributed by atoms with Gasteiger partial charge in [0.2, 0.25) is 0 Å². The fourth-order valence-electron chi connectivity index (χ4n) is 1.93. The third kappa shape index (κ3) is 5.04. The van der Waals surface area contributed by atoms with E-state index in [4.69, 9.17) is 4.74 Å². The first kappa shape index (κ1) is 17.5. The highest BCUT2D eigenvalue weighted by Gasteiger charge is 2.35. The van der Waals surface area contributed by atoms with Crippen LogP contribution in [0.3, 0.4) is 0 Å². The van der Waals surface area contributed by atoms with Crippen LogP contribution in [0.1, 0.15) is 31.9 Å². The molecule has 0 radical (unpaired) electrons. The molecule has 1 aromatic carbocycles. The Morgan fingerprint density at radius 2 is 1.76 bits per heavy atom. The summed E-state index contributed by atoms with van der Waals surface area (Å²) in [6, 6.07) is 4.53. The molecule has 3 nitrogen and oxygen atoms in total. The first-order valence-electron chi connectivity index (χ1n) is 6.61. The summed E-state index contributed by atoms with van der Waals surface area (Å²) in [5, 5.41) is 10.0. The first-order chi connectivity index (χ1) is 9.55. The second-order valence-corrected chi connectivity index (χ2v) is 5.36. The molecule has 21 heavy (non-hydrogen) atoms. The van der Waals surface area contributed by atoms with E-state index in [1.807, 2.05) is 0 Å². The molecule has 1 atom stereocenters. The molecule has 1 aromatic rings. The molecule has 0 heterocycles. The van der Waals surface area contributed by atoms with Crippen LogP contribution in [0, 0.1) is 5.92 Å². The molecule has 0 bridgehead atoms. The lowest BCUT2D eigenvalue weighted by Gasteiger charge is -2.27. The van der Waals surface area contributed by atoms with Crippen molar-refractivity contribution in [3.8, 4) is 0 Å². The lowest BCUT2D eigenvalue weighted by Crippen LogP contribution is -2.39. The number of aliphatic hydroxyl groups is 1. The Hall–Kier alpha value is -1.56. The lowest BCUT2D eigenvalue weighted by molar-refractivity contribution is -0.156. The highest BCUT2D eigenvalue weighted by atomic mass is 19.4. The largest absolute Gasteiger partial charge is 0.466 e. The monoisotopic (exact) mass is 304 g/mol. The Bertz CT molecular complexity index is 472. The van der Waals surface area contributed by atoms with Gasteiger partial charge in [0, 0.05) is 0 Å². The minimum atomic E-state index is -4.39. The number of esters is 1. The van der Waals surface area contributed by atoms with E-state index in [1.54, 1.807) is 6.92 Å². The molecule has 0 aromatic heterocycles. The molecular weight excluding hydrogens is 285 g/mol. The van der Waals surface area contributed by atoms with E-state index >= 15 is 0 Å². The average Bonchev–Trinajstić information content (AvgIpc) is 2.34. The molecule has 0 aliphatic carbocycles. The molecule has 0 aliphatic heterocycles. The number of carbonyl (C=O) groups excluding carboxylic acids is 1. The zero-order chi connectivity index (χ0) is 16.3. The summed E-state index contributed by atoms with van der Waals surface area (Å²) in [6.45, 7) is 4.77. The third-order valence-electron chi connectivity index (χ3n) is 3.14. The van der Waals surface area contributed by atoms with Gasteiger partial charge in [-0.15, -0.1) is 0 Å². The van der Waals surface area contributed by atoms with E-state index in [-0.39, 0.29) is 13.0 Å². The molecule has 0 saturated carbocycles. The van der Waals surface area contributed by atoms with E-state index in [1.165, 1.54) is 26.0 Å². The molecule has 6 heteroatoms. The molecule has 118 valence electrons. The van der Waals surface area contributed by atoms with Gasteiger partial charge in [0.25, 0.3) is 0 Å². The molecule has 0 unspecified atom stereocenters. The Balaban J connectivity index is 2.92. The molecule has 0 spiro atoms. The maximum absolute atomic E-state index is 12.5. The van der Waals surface area contributed by atoms with Gasteiger partial charge in [-0.05, 0) is 44.9 Å². The minimum Gasteiger partial charge on any atom is -0.466 e. The zero-order valence-electron chi connectivity index (χ0n) is 12.2. The van der Waals surface area contributed by atoms with Crippen LogP contribution >= 0.6 is 0 Å². The van der Waals surface area contributed by atoms with Crippen LogP contribution in [0.15, 0.2) is 24.3 Å². The summed E-state index contributed by atoms with van der Waals surface area (Å²) < 4.78 is 42.4.